The van der Waals surface area contributed by atoms with Gasteiger partial charge in [0.25, 0.3) is 5.91 Å². The number of nitrogens with one attached hydrogen (secondary N) is 1. The van der Waals surface area contributed by atoms with Crippen molar-refractivity contribution in [3.05, 3.63) is 47.0 Å². The highest BCUT2D eigenvalue weighted by molar-refractivity contribution is 7.20. The molecule has 1 atom stereocenters. The molecule has 1 aromatic carbocycles. The van der Waals surface area contributed by atoms with Crippen molar-refractivity contribution in [2.75, 3.05) is 19.8 Å². The highest BCUT2D eigenvalue weighted by Gasteiger charge is 2.20. The van der Waals surface area contributed by atoms with E-state index in [0.717, 1.165) is 41.0 Å². The molecule has 1 amide bonds. The quantitative estimate of drug-likeness (QED) is 0.645. The van der Waals surface area contributed by atoms with Crippen molar-refractivity contribution < 1.29 is 19.1 Å². The SMILES string of the molecule is Cc1nn(-c2ccccc2)c2sc(C(=O)OCC(=O)NCC3CCCO3)cc12. The van der Waals surface area contributed by atoms with E-state index in [1.165, 1.54) is 11.3 Å². The number of fused-ring (bicyclic) bond motifs is 1. The summed E-state index contributed by atoms with van der Waals surface area (Å²) in [7, 11) is 0. The molecule has 3 heterocycles. The lowest BCUT2D eigenvalue weighted by molar-refractivity contribution is -0.124. The first-order valence-corrected chi connectivity index (χ1v) is 10.0. The molecule has 4 rings (SSSR count). The highest BCUT2D eigenvalue weighted by atomic mass is 32.1. The molecule has 0 spiro atoms. The maximum absolute atomic E-state index is 12.4. The summed E-state index contributed by atoms with van der Waals surface area (Å²) in [6.07, 6.45) is 2.02. The number of amides is 1. The Morgan fingerprint density at radius 1 is 1.36 bits per heavy atom. The van der Waals surface area contributed by atoms with Crippen molar-refractivity contribution in [2.24, 2.45) is 0 Å². The monoisotopic (exact) mass is 399 g/mol. The van der Waals surface area contributed by atoms with Gasteiger partial charge in [-0.3, -0.25) is 4.79 Å². The summed E-state index contributed by atoms with van der Waals surface area (Å²) < 4.78 is 12.5. The zero-order valence-corrected chi connectivity index (χ0v) is 16.3. The van der Waals surface area contributed by atoms with Crippen LogP contribution >= 0.6 is 11.3 Å². The van der Waals surface area contributed by atoms with Gasteiger partial charge in [0.2, 0.25) is 0 Å². The number of carbonyl (C=O) groups excluding carboxylic acids is 2. The molecule has 7 nitrogen and oxygen atoms in total. The van der Waals surface area contributed by atoms with E-state index < -0.39 is 5.97 Å². The van der Waals surface area contributed by atoms with E-state index in [1.807, 2.05) is 41.9 Å². The smallest absolute Gasteiger partial charge is 0.348 e. The molecule has 8 heteroatoms. The van der Waals surface area contributed by atoms with Gasteiger partial charge in [0.15, 0.2) is 6.61 Å². The first-order chi connectivity index (χ1) is 13.6. The minimum absolute atomic E-state index is 0.0613. The third kappa shape index (κ3) is 3.93. The van der Waals surface area contributed by atoms with Crippen molar-refractivity contribution in [1.29, 1.82) is 0 Å². The van der Waals surface area contributed by atoms with E-state index in [-0.39, 0.29) is 18.6 Å². The predicted octanol–water partition coefficient (Wildman–Crippen LogP) is 2.85. The van der Waals surface area contributed by atoms with Gasteiger partial charge >= 0.3 is 5.97 Å². The van der Waals surface area contributed by atoms with Crippen molar-refractivity contribution in [2.45, 2.75) is 25.9 Å². The topological polar surface area (TPSA) is 82.5 Å². The molecule has 3 aromatic rings. The van der Waals surface area contributed by atoms with Crippen LogP contribution in [0.15, 0.2) is 36.4 Å². The number of aromatic nitrogens is 2. The van der Waals surface area contributed by atoms with Crippen LogP contribution in [0.2, 0.25) is 0 Å². The van der Waals surface area contributed by atoms with E-state index in [1.54, 1.807) is 6.07 Å². The molecule has 146 valence electrons. The largest absolute Gasteiger partial charge is 0.451 e. The molecular formula is C20H21N3O4S. The Bertz CT molecular complexity index is 990. The van der Waals surface area contributed by atoms with Crippen LogP contribution in [0.3, 0.4) is 0 Å². The third-order valence-electron chi connectivity index (χ3n) is 4.63. The first-order valence-electron chi connectivity index (χ1n) is 9.22. The second kappa shape index (κ2) is 8.12. The Kier molecular flexibility index (Phi) is 5.40. The summed E-state index contributed by atoms with van der Waals surface area (Å²) in [5, 5.41) is 8.20. The Balaban J connectivity index is 1.41. The van der Waals surface area contributed by atoms with E-state index in [9.17, 15) is 9.59 Å². The molecule has 0 aliphatic carbocycles. The molecule has 1 N–H and O–H groups in total. The molecule has 0 saturated carbocycles. The number of thiophene rings is 1. The first kappa shape index (κ1) is 18.6. The predicted molar refractivity (Wildman–Crippen MR) is 106 cm³/mol. The summed E-state index contributed by atoms with van der Waals surface area (Å²) in [6.45, 7) is 2.79. The number of rotatable bonds is 6. The second-order valence-corrected chi connectivity index (χ2v) is 7.71. The molecule has 0 radical (unpaired) electrons. The van der Waals surface area contributed by atoms with Gasteiger partial charge in [0.1, 0.15) is 9.71 Å². The number of para-hydroxylation sites is 1. The molecule has 1 aliphatic rings. The van der Waals surface area contributed by atoms with Crippen LogP contribution < -0.4 is 5.32 Å². The van der Waals surface area contributed by atoms with Crippen molar-refractivity contribution in [3.63, 3.8) is 0 Å². The number of nitrogens with zero attached hydrogens (tertiary/aromatic N) is 2. The number of aryl methyl sites for hydroxylation is 1. The van der Waals surface area contributed by atoms with Crippen LogP contribution in [-0.4, -0.2) is 47.5 Å². The third-order valence-corrected chi connectivity index (χ3v) is 5.72. The maximum Gasteiger partial charge on any atom is 0.348 e. The Labute approximate surface area is 166 Å². The normalized spacial score (nSPS) is 16.4. The number of benzene rings is 1. The lowest BCUT2D eigenvalue weighted by Crippen LogP contribution is -2.34. The number of hydrogen-bond donors (Lipinski definition) is 1. The van der Waals surface area contributed by atoms with E-state index in [4.69, 9.17) is 9.47 Å². The molecule has 1 fully saturated rings. The Morgan fingerprint density at radius 3 is 2.93 bits per heavy atom. The Hall–Kier alpha value is -2.71. The number of carbonyl (C=O) groups is 2. The molecule has 1 unspecified atom stereocenters. The summed E-state index contributed by atoms with van der Waals surface area (Å²) in [5.74, 6) is -0.830. The molecular weight excluding hydrogens is 378 g/mol. The lowest BCUT2D eigenvalue weighted by atomic mass is 10.2. The molecule has 2 aromatic heterocycles. The van der Waals surface area contributed by atoms with Crippen molar-refractivity contribution in [3.8, 4) is 5.69 Å². The lowest BCUT2D eigenvalue weighted by Gasteiger charge is -2.10. The van der Waals surface area contributed by atoms with Gasteiger partial charge in [0.05, 0.1) is 17.5 Å². The Morgan fingerprint density at radius 2 is 2.18 bits per heavy atom. The second-order valence-electron chi connectivity index (χ2n) is 6.68. The minimum atomic E-state index is -0.507. The zero-order valence-electron chi connectivity index (χ0n) is 15.5. The minimum Gasteiger partial charge on any atom is -0.451 e. The zero-order chi connectivity index (χ0) is 19.5. The van der Waals surface area contributed by atoms with E-state index in [0.29, 0.717) is 11.4 Å². The summed E-state index contributed by atoms with van der Waals surface area (Å²) in [5.41, 5.74) is 1.76. The summed E-state index contributed by atoms with van der Waals surface area (Å²) in [6, 6.07) is 11.5. The van der Waals surface area contributed by atoms with E-state index in [2.05, 4.69) is 10.4 Å². The number of ether oxygens (including phenoxy) is 2. The summed E-state index contributed by atoms with van der Waals surface area (Å²) in [4.78, 5) is 25.6. The van der Waals surface area contributed by atoms with Gasteiger partial charge in [-0.1, -0.05) is 18.2 Å². The molecule has 0 bridgehead atoms. The van der Waals surface area contributed by atoms with Gasteiger partial charge < -0.3 is 14.8 Å². The molecule has 28 heavy (non-hydrogen) atoms. The van der Waals surface area contributed by atoms with Gasteiger partial charge in [-0.15, -0.1) is 11.3 Å². The van der Waals surface area contributed by atoms with Gasteiger partial charge in [-0.25, -0.2) is 9.48 Å². The van der Waals surface area contributed by atoms with Crippen LogP contribution in [0.4, 0.5) is 0 Å². The average molecular weight is 399 g/mol. The van der Waals surface area contributed by atoms with Gasteiger partial charge in [-0.2, -0.15) is 5.10 Å². The fourth-order valence-corrected chi connectivity index (χ4v) is 4.25. The van der Waals surface area contributed by atoms with Crippen LogP contribution in [0.1, 0.15) is 28.2 Å². The van der Waals surface area contributed by atoms with Crippen molar-refractivity contribution >= 4 is 33.4 Å². The fraction of sp³-hybridized carbons (Fsp3) is 0.350. The maximum atomic E-state index is 12.4. The van der Waals surface area contributed by atoms with Crippen molar-refractivity contribution in [1.82, 2.24) is 15.1 Å². The van der Waals surface area contributed by atoms with Crippen LogP contribution in [-0.2, 0) is 14.3 Å². The van der Waals surface area contributed by atoms with Crippen LogP contribution in [0.25, 0.3) is 15.9 Å². The van der Waals surface area contributed by atoms with Crippen LogP contribution in [0, 0.1) is 6.92 Å². The standard InChI is InChI=1S/C20H21N3O4S/c1-13-16-10-17(28-19(16)23(22-13)14-6-3-2-4-7-14)20(25)27-12-18(24)21-11-15-8-5-9-26-15/h2-4,6-7,10,15H,5,8-9,11-12H2,1H3,(H,21,24). The fourth-order valence-electron chi connectivity index (χ4n) is 3.18. The highest BCUT2D eigenvalue weighted by Crippen LogP contribution is 2.30. The number of esters is 1. The van der Waals surface area contributed by atoms with E-state index >= 15 is 0 Å². The number of hydrogen-bond acceptors (Lipinski definition) is 6. The average Bonchev–Trinajstić information content (AvgIpc) is 3.44. The summed E-state index contributed by atoms with van der Waals surface area (Å²) >= 11 is 1.31. The molecule has 1 saturated heterocycles. The van der Waals surface area contributed by atoms with Gasteiger partial charge in [-0.05, 0) is 38.0 Å². The van der Waals surface area contributed by atoms with Crippen LogP contribution in [0.5, 0.6) is 0 Å². The molecule has 1 aliphatic heterocycles. The van der Waals surface area contributed by atoms with Gasteiger partial charge in [0, 0.05) is 18.5 Å².